The Hall–Kier alpha value is -2.39. The molecule has 0 spiro atoms. The van der Waals surface area contributed by atoms with Crippen molar-refractivity contribution in [2.75, 3.05) is 0 Å². The topological polar surface area (TPSA) is 83.2 Å². The summed E-state index contributed by atoms with van der Waals surface area (Å²) in [5.74, 6) is -0.499. The lowest BCUT2D eigenvalue weighted by molar-refractivity contribution is 0.0696. The van der Waals surface area contributed by atoms with Crippen LogP contribution in [0.1, 0.15) is 16.1 Å². The maximum Gasteiger partial charge on any atom is 0.335 e. The molecule has 19 heavy (non-hydrogen) atoms. The van der Waals surface area contributed by atoms with Crippen molar-refractivity contribution >= 4 is 21.9 Å². The largest absolute Gasteiger partial charge is 0.478 e. The van der Waals surface area contributed by atoms with Crippen LogP contribution in [0.2, 0.25) is 0 Å². The third-order valence-corrected chi connectivity index (χ3v) is 2.89. The highest BCUT2D eigenvalue weighted by molar-refractivity contribution is 9.10. The summed E-state index contributed by atoms with van der Waals surface area (Å²) in [6, 6.07) is 11.1. The van der Waals surface area contributed by atoms with Crippen LogP contribution in [-0.2, 0) is 0 Å². The van der Waals surface area contributed by atoms with Crippen LogP contribution in [0.5, 0.6) is 11.6 Å². The highest BCUT2D eigenvalue weighted by atomic mass is 79.9. The number of aromatic carboxylic acids is 1. The van der Waals surface area contributed by atoms with Gasteiger partial charge >= 0.3 is 5.97 Å². The molecule has 0 saturated carbocycles. The zero-order chi connectivity index (χ0) is 13.8. The summed E-state index contributed by atoms with van der Waals surface area (Å²) in [5.41, 5.74) is 0.331. The molecule has 0 unspecified atom stereocenters. The minimum atomic E-state index is -1.05. The van der Waals surface area contributed by atoms with Gasteiger partial charge in [0.15, 0.2) is 0 Å². The molecule has 1 heterocycles. The maximum absolute atomic E-state index is 10.9. The van der Waals surface area contributed by atoms with E-state index in [0.717, 1.165) is 0 Å². The molecule has 1 N–H and O–H groups in total. The lowest BCUT2D eigenvalue weighted by Gasteiger charge is -2.07. The van der Waals surface area contributed by atoms with Gasteiger partial charge in [0, 0.05) is 6.07 Å². The number of ether oxygens (including phenoxy) is 1. The predicted octanol–water partition coefficient (Wildman–Crippen LogP) is 3.21. The molecule has 1 aromatic carbocycles. The molecule has 0 fully saturated rings. The Morgan fingerprint density at radius 2 is 2.16 bits per heavy atom. The van der Waals surface area contributed by atoms with E-state index >= 15 is 0 Å². The number of hydrogen-bond acceptors (Lipinski definition) is 4. The van der Waals surface area contributed by atoms with Crippen molar-refractivity contribution in [2.24, 2.45) is 0 Å². The Bertz CT molecular complexity index is 680. The second-order valence-electron chi connectivity index (χ2n) is 3.53. The van der Waals surface area contributed by atoms with Gasteiger partial charge in [0.2, 0.25) is 5.88 Å². The number of nitrogens with zero attached hydrogens (tertiary/aromatic N) is 2. The zero-order valence-electron chi connectivity index (χ0n) is 9.50. The number of benzene rings is 1. The molecule has 0 aliphatic carbocycles. The van der Waals surface area contributed by atoms with Crippen molar-refractivity contribution in [2.45, 2.75) is 0 Å². The van der Waals surface area contributed by atoms with Crippen LogP contribution in [0.15, 0.2) is 40.9 Å². The van der Waals surface area contributed by atoms with Gasteiger partial charge in [-0.25, -0.2) is 9.78 Å². The monoisotopic (exact) mass is 318 g/mol. The van der Waals surface area contributed by atoms with Crippen molar-refractivity contribution in [1.82, 2.24) is 4.98 Å². The smallest absolute Gasteiger partial charge is 0.335 e. The number of hydrogen-bond donors (Lipinski definition) is 1. The molecule has 0 saturated heterocycles. The van der Waals surface area contributed by atoms with Crippen LogP contribution < -0.4 is 4.74 Å². The SMILES string of the molecule is N#Cc1cccc(Oc2cc(C(=O)O)ccc2Br)n1. The molecule has 0 bridgehead atoms. The third-order valence-electron chi connectivity index (χ3n) is 2.23. The second kappa shape index (κ2) is 5.50. The van der Waals surface area contributed by atoms with Gasteiger partial charge in [-0.3, -0.25) is 0 Å². The molecule has 2 rings (SSSR count). The number of rotatable bonds is 3. The van der Waals surface area contributed by atoms with E-state index < -0.39 is 5.97 Å². The van der Waals surface area contributed by atoms with E-state index in [1.54, 1.807) is 24.3 Å². The summed E-state index contributed by atoms with van der Waals surface area (Å²) >= 11 is 3.26. The number of carboxylic acids is 1. The van der Waals surface area contributed by atoms with Crippen molar-refractivity contribution in [3.63, 3.8) is 0 Å². The summed E-state index contributed by atoms with van der Waals surface area (Å²) in [6.07, 6.45) is 0. The molecular formula is C13H7BrN2O3. The van der Waals surface area contributed by atoms with Crippen molar-refractivity contribution in [1.29, 1.82) is 5.26 Å². The first-order valence-electron chi connectivity index (χ1n) is 5.18. The van der Waals surface area contributed by atoms with Gasteiger partial charge in [0.25, 0.3) is 0 Å². The highest BCUT2D eigenvalue weighted by Crippen LogP contribution is 2.29. The number of aromatic nitrogens is 1. The van der Waals surface area contributed by atoms with Gasteiger partial charge in [0.1, 0.15) is 17.5 Å². The van der Waals surface area contributed by atoms with E-state index in [1.807, 2.05) is 6.07 Å². The van der Waals surface area contributed by atoms with Crippen LogP contribution >= 0.6 is 15.9 Å². The Labute approximate surface area is 117 Å². The molecule has 0 atom stereocenters. The standard InChI is InChI=1S/C13H7BrN2O3/c14-10-5-4-8(13(17)18)6-11(10)19-12-3-1-2-9(7-15)16-12/h1-6H,(H,17,18). The molecule has 0 radical (unpaired) electrons. The Morgan fingerprint density at radius 3 is 2.84 bits per heavy atom. The first kappa shape index (κ1) is 13.1. The van der Waals surface area contributed by atoms with Crippen molar-refractivity contribution in [3.05, 3.63) is 52.1 Å². The lowest BCUT2D eigenvalue weighted by atomic mass is 10.2. The number of carboxylic acid groups (broad SMARTS) is 1. The molecular weight excluding hydrogens is 312 g/mol. The fraction of sp³-hybridized carbons (Fsp3) is 0. The van der Waals surface area contributed by atoms with Crippen LogP contribution in [-0.4, -0.2) is 16.1 Å². The minimum absolute atomic E-state index is 0.106. The van der Waals surface area contributed by atoms with Gasteiger partial charge < -0.3 is 9.84 Å². The van der Waals surface area contributed by atoms with Crippen molar-refractivity contribution in [3.8, 4) is 17.7 Å². The van der Waals surface area contributed by atoms with Crippen LogP contribution in [0.3, 0.4) is 0 Å². The first-order chi connectivity index (χ1) is 9.10. The fourth-order valence-corrected chi connectivity index (χ4v) is 1.69. The molecule has 0 aliphatic rings. The van der Waals surface area contributed by atoms with Crippen molar-refractivity contribution < 1.29 is 14.6 Å². The van der Waals surface area contributed by atoms with E-state index in [1.165, 1.54) is 12.1 Å². The molecule has 0 amide bonds. The minimum Gasteiger partial charge on any atom is -0.478 e. The zero-order valence-corrected chi connectivity index (χ0v) is 11.1. The number of carbonyl (C=O) groups is 1. The quantitative estimate of drug-likeness (QED) is 0.939. The molecule has 6 heteroatoms. The average Bonchev–Trinajstić information content (AvgIpc) is 2.41. The number of nitriles is 1. The van der Waals surface area contributed by atoms with Gasteiger partial charge in [-0.2, -0.15) is 5.26 Å². The Balaban J connectivity index is 2.34. The lowest BCUT2D eigenvalue weighted by Crippen LogP contribution is -1.97. The molecule has 5 nitrogen and oxygen atoms in total. The molecule has 1 aromatic heterocycles. The fourth-order valence-electron chi connectivity index (χ4n) is 1.36. The Kier molecular flexibility index (Phi) is 3.78. The van der Waals surface area contributed by atoms with Crippen LogP contribution in [0, 0.1) is 11.3 Å². The van der Waals surface area contributed by atoms with Crippen LogP contribution in [0.4, 0.5) is 0 Å². The summed E-state index contributed by atoms with van der Waals surface area (Å²) in [4.78, 5) is 14.8. The third kappa shape index (κ3) is 3.09. The van der Waals surface area contributed by atoms with E-state index in [0.29, 0.717) is 10.2 Å². The highest BCUT2D eigenvalue weighted by Gasteiger charge is 2.09. The summed E-state index contributed by atoms with van der Waals surface area (Å²) in [6.45, 7) is 0. The molecule has 0 aliphatic heterocycles. The van der Waals surface area contributed by atoms with E-state index in [9.17, 15) is 4.79 Å². The number of halogens is 1. The van der Waals surface area contributed by atoms with Gasteiger partial charge in [0.05, 0.1) is 10.0 Å². The second-order valence-corrected chi connectivity index (χ2v) is 4.38. The summed E-state index contributed by atoms with van der Waals surface area (Å²) < 4.78 is 6.07. The van der Waals surface area contributed by atoms with Crippen LogP contribution in [0.25, 0.3) is 0 Å². The number of pyridine rings is 1. The Morgan fingerprint density at radius 1 is 1.37 bits per heavy atom. The van der Waals surface area contributed by atoms with Gasteiger partial charge in [-0.15, -0.1) is 0 Å². The predicted molar refractivity (Wildman–Crippen MR) is 70.1 cm³/mol. The van der Waals surface area contributed by atoms with Gasteiger partial charge in [-0.1, -0.05) is 6.07 Å². The normalized spacial score (nSPS) is 9.68. The molecule has 94 valence electrons. The first-order valence-corrected chi connectivity index (χ1v) is 5.97. The maximum atomic E-state index is 10.9. The summed E-state index contributed by atoms with van der Waals surface area (Å²) in [7, 11) is 0. The van der Waals surface area contributed by atoms with Gasteiger partial charge in [-0.05, 0) is 40.2 Å². The molecule has 2 aromatic rings. The van der Waals surface area contributed by atoms with E-state index in [4.69, 9.17) is 15.1 Å². The summed E-state index contributed by atoms with van der Waals surface area (Å²) in [5, 5.41) is 17.7. The van der Waals surface area contributed by atoms with E-state index in [-0.39, 0.29) is 17.1 Å². The average molecular weight is 319 g/mol. The van der Waals surface area contributed by atoms with E-state index in [2.05, 4.69) is 20.9 Å².